The lowest BCUT2D eigenvalue weighted by atomic mass is 10.1. The van der Waals surface area contributed by atoms with Gasteiger partial charge in [-0.2, -0.15) is 0 Å². The highest BCUT2D eigenvalue weighted by Crippen LogP contribution is 2.34. The van der Waals surface area contributed by atoms with Crippen molar-refractivity contribution < 1.29 is 24.3 Å². The molecule has 0 spiro atoms. The monoisotopic (exact) mass is 253 g/mol. The average molecular weight is 253 g/mol. The molecule has 0 aliphatic carbocycles. The van der Waals surface area contributed by atoms with E-state index in [0.29, 0.717) is 0 Å². The van der Waals surface area contributed by atoms with E-state index in [2.05, 4.69) is 0 Å². The van der Waals surface area contributed by atoms with Gasteiger partial charge in [-0.25, -0.2) is 4.79 Å². The Hall–Kier alpha value is -2.57. The summed E-state index contributed by atoms with van der Waals surface area (Å²) in [4.78, 5) is 20.7. The molecule has 0 unspecified atom stereocenters. The second-order valence-corrected chi connectivity index (χ2v) is 3.19. The fourth-order valence-electron chi connectivity index (χ4n) is 1.34. The fourth-order valence-corrected chi connectivity index (χ4v) is 1.34. The number of nitro benzene ring substituents is 1. The standard InChI is InChI=1S/C11H11NO6/c1-17-9-5-7(3-4-11(13)14)8(12(15)16)6-10(9)18-2/h3-6H,1-2H3,(H,13,14). The number of methoxy groups -OCH3 is 2. The maximum absolute atomic E-state index is 10.9. The van der Waals surface area contributed by atoms with Gasteiger partial charge in [-0.1, -0.05) is 0 Å². The number of aliphatic carboxylic acids is 1. The molecule has 0 aliphatic heterocycles. The zero-order chi connectivity index (χ0) is 13.7. The molecule has 7 heteroatoms. The molecule has 0 heterocycles. The van der Waals surface area contributed by atoms with Gasteiger partial charge in [0.2, 0.25) is 0 Å². The van der Waals surface area contributed by atoms with Crippen molar-refractivity contribution in [2.45, 2.75) is 0 Å². The van der Waals surface area contributed by atoms with Crippen molar-refractivity contribution in [1.82, 2.24) is 0 Å². The molecule has 0 saturated carbocycles. The summed E-state index contributed by atoms with van der Waals surface area (Å²) in [6, 6.07) is 2.52. The second-order valence-electron chi connectivity index (χ2n) is 3.19. The molecule has 96 valence electrons. The third kappa shape index (κ3) is 2.97. The summed E-state index contributed by atoms with van der Waals surface area (Å²) in [5.41, 5.74) is -0.134. The van der Waals surface area contributed by atoms with Gasteiger partial charge in [0.15, 0.2) is 11.5 Å². The number of carboxylic acid groups (broad SMARTS) is 1. The number of rotatable bonds is 5. The Balaban J connectivity index is 3.37. The second kappa shape index (κ2) is 5.67. The molecule has 0 aromatic heterocycles. The van der Waals surface area contributed by atoms with Crippen LogP contribution in [-0.4, -0.2) is 30.2 Å². The van der Waals surface area contributed by atoms with E-state index in [-0.39, 0.29) is 22.7 Å². The maximum Gasteiger partial charge on any atom is 0.328 e. The van der Waals surface area contributed by atoms with E-state index in [1.807, 2.05) is 0 Å². The fraction of sp³-hybridized carbons (Fsp3) is 0.182. The molecule has 1 rings (SSSR count). The van der Waals surface area contributed by atoms with Gasteiger partial charge < -0.3 is 14.6 Å². The minimum atomic E-state index is -1.20. The number of hydrogen-bond donors (Lipinski definition) is 1. The summed E-state index contributed by atoms with van der Waals surface area (Å²) in [6.07, 6.45) is 1.94. The normalized spacial score (nSPS) is 10.3. The van der Waals surface area contributed by atoms with Crippen LogP contribution in [0.2, 0.25) is 0 Å². The van der Waals surface area contributed by atoms with E-state index in [0.717, 1.165) is 12.2 Å². The number of hydrogen-bond acceptors (Lipinski definition) is 5. The highest BCUT2D eigenvalue weighted by molar-refractivity contribution is 5.86. The Kier molecular flexibility index (Phi) is 4.25. The van der Waals surface area contributed by atoms with Gasteiger partial charge in [-0.15, -0.1) is 0 Å². The Labute approximate surface area is 102 Å². The number of benzene rings is 1. The molecule has 0 fully saturated rings. The molecule has 0 bridgehead atoms. The smallest absolute Gasteiger partial charge is 0.328 e. The first-order valence-electron chi connectivity index (χ1n) is 4.81. The van der Waals surface area contributed by atoms with Crippen molar-refractivity contribution >= 4 is 17.7 Å². The number of ether oxygens (including phenoxy) is 2. The van der Waals surface area contributed by atoms with Crippen LogP contribution in [0.5, 0.6) is 11.5 Å². The topological polar surface area (TPSA) is 98.9 Å². The Morgan fingerprint density at radius 1 is 1.33 bits per heavy atom. The lowest BCUT2D eigenvalue weighted by Gasteiger charge is -2.08. The molecular formula is C11H11NO6. The van der Waals surface area contributed by atoms with Crippen LogP contribution in [0.15, 0.2) is 18.2 Å². The largest absolute Gasteiger partial charge is 0.493 e. The molecule has 1 aromatic rings. The lowest BCUT2D eigenvalue weighted by molar-refractivity contribution is -0.385. The molecule has 7 nitrogen and oxygen atoms in total. The van der Waals surface area contributed by atoms with E-state index in [9.17, 15) is 14.9 Å². The first-order chi connectivity index (χ1) is 8.49. The minimum Gasteiger partial charge on any atom is -0.493 e. The zero-order valence-corrected chi connectivity index (χ0v) is 9.75. The molecule has 0 saturated heterocycles. The van der Waals surface area contributed by atoms with Gasteiger partial charge in [-0.3, -0.25) is 10.1 Å². The van der Waals surface area contributed by atoms with E-state index in [4.69, 9.17) is 14.6 Å². The van der Waals surface area contributed by atoms with Crippen LogP contribution in [0.1, 0.15) is 5.56 Å². The molecule has 0 atom stereocenters. The van der Waals surface area contributed by atoms with Crippen molar-refractivity contribution in [2.75, 3.05) is 14.2 Å². The SMILES string of the molecule is COc1cc(C=CC(=O)O)c([N+](=O)[O-])cc1OC. The minimum absolute atomic E-state index is 0.125. The van der Waals surface area contributed by atoms with E-state index >= 15 is 0 Å². The van der Waals surface area contributed by atoms with Crippen LogP contribution >= 0.6 is 0 Å². The Bertz CT molecular complexity index is 509. The predicted octanol–water partition coefficient (Wildman–Crippen LogP) is 1.71. The Morgan fingerprint density at radius 2 is 1.89 bits per heavy atom. The quantitative estimate of drug-likeness (QED) is 0.487. The molecule has 1 aromatic carbocycles. The van der Waals surface area contributed by atoms with E-state index in [1.54, 1.807) is 0 Å². The van der Waals surface area contributed by atoms with Crippen molar-refractivity contribution in [2.24, 2.45) is 0 Å². The number of carboxylic acids is 1. The van der Waals surface area contributed by atoms with Crippen molar-refractivity contribution in [1.29, 1.82) is 0 Å². The summed E-state index contributed by atoms with van der Waals surface area (Å²) < 4.78 is 9.93. The Morgan fingerprint density at radius 3 is 2.33 bits per heavy atom. The lowest BCUT2D eigenvalue weighted by Crippen LogP contribution is -1.97. The summed E-state index contributed by atoms with van der Waals surface area (Å²) >= 11 is 0. The third-order valence-corrected chi connectivity index (χ3v) is 2.14. The first-order valence-corrected chi connectivity index (χ1v) is 4.81. The molecular weight excluding hydrogens is 242 g/mol. The maximum atomic E-state index is 10.9. The number of nitro groups is 1. The van der Waals surface area contributed by atoms with Crippen molar-refractivity contribution in [3.63, 3.8) is 0 Å². The summed E-state index contributed by atoms with van der Waals surface area (Å²) in [6.45, 7) is 0. The van der Waals surface area contributed by atoms with Crippen LogP contribution in [0.3, 0.4) is 0 Å². The van der Waals surface area contributed by atoms with Gasteiger partial charge in [0, 0.05) is 6.08 Å². The summed E-state index contributed by atoms with van der Waals surface area (Å²) in [5.74, 6) is -0.705. The van der Waals surface area contributed by atoms with Crippen molar-refractivity contribution in [3.8, 4) is 11.5 Å². The van der Waals surface area contributed by atoms with Gasteiger partial charge in [0.1, 0.15) is 0 Å². The van der Waals surface area contributed by atoms with Crippen LogP contribution in [0.4, 0.5) is 5.69 Å². The first kappa shape index (κ1) is 13.5. The molecule has 1 N–H and O–H groups in total. The summed E-state index contributed by atoms with van der Waals surface area (Å²) in [7, 11) is 2.74. The zero-order valence-electron chi connectivity index (χ0n) is 9.75. The van der Waals surface area contributed by atoms with E-state index in [1.165, 1.54) is 26.4 Å². The van der Waals surface area contributed by atoms with Gasteiger partial charge in [-0.05, 0) is 12.1 Å². The van der Waals surface area contributed by atoms with Crippen LogP contribution in [-0.2, 0) is 4.79 Å². The number of carbonyl (C=O) groups is 1. The van der Waals surface area contributed by atoms with E-state index < -0.39 is 10.9 Å². The van der Waals surface area contributed by atoms with Gasteiger partial charge >= 0.3 is 5.97 Å². The summed E-state index contributed by atoms with van der Waals surface area (Å²) in [5, 5.41) is 19.4. The third-order valence-electron chi connectivity index (χ3n) is 2.14. The highest BCUT2D eigenvalue weighted by Gasteiger charge is 2.17. The van der Waals surface area contributed by atoms with Crippen molar-refractivity contribution in [3.05, 3.63) is 33.9 Å². The number of nitrogens with zero attached hydrogens (tertiary/aromatic N) is 1. The average Bonchev–Trinajstić information content (AvgIpc) is 2.34. The van der Waals surface area contributed by atoms with Gasteiger partial charge in [0.05, 0.1) is 30.8 Å². The molecule has 0 aliphatic rings. The predicted molar refractivity (Wildman–Crippen MR) is 62.9 cm³/mol. The molecule has 18 heavy (non-hydrogen) atoms. The van der Waals surface area contributed by atoms with Crippen LogP contribution < -0.4 is 9.47 Å². The van der Waals surface area contributed by atoms with Crippen LogP contribution in [0, 0.1) is 10.1 Å². The van der Waals surface area contributed by atoms with Gasteiger partial charge in [0.25, 0.3) is 5.69 Å². The van der Waals surface area contributed by atoms with Crippen LogP contribution in [0.25, 0.3) is 6.08 Å². The molecule has 0 radical (unpaired) electrons. The highest BCUT2D eigenvalue weighted by atomic mass is 16.6. The molecule has 0 amide bonds.